The lowest BCUT2D eigenvalue weighted by molar-refractivity contribution is -0.136. The van der Waals surface area contributed by atoms with E-state index in [1.807, 2.05) is 13.8 Å². The van der Waals surface area contributed by atoms with Gasteiger partial charge in [-0.2, -0.15) is 0 Å². The van der Waals surface area contributed by atoms with Crippen molar-refractivity contribution in [2.45, 2.75) is 63.7 Å². The zero-order valence-electron chi connectivity index (χ0n) is 10.7. The second-order valence-corrected chi connectivity index (χ2v) is 5.94. The summed E-state index contributed by atoms with van der Waals surface area (Å²) in [5.41, 5.74) is -0.169. The molecule has 1 aliphatic carbocycles. The molecule has 2 aliphatic rings. The fourth-order valence-corrected chi connectivity index (χ4v) is 2.61. The monoisotopic (exact) mass is 241 g/mol. The molecule has 4 heteroatoms. The summed E-state index contributed by atoms with van der Waals surface area (Å²) in [5.74, 6) is -0.0137. The minimum atomic E-state index is -0.810. The molecule has 0 aromatic rings. The van der Waals surface area contributed by atoms with Crippen LogP contribution < -0.4 is 5.32 Å². The van der Waals surface area contributed by atoms with Crippen molar-refractivity contribution < 1.29 is 14.6 Å². The fraction of sp³-hybridized carbons (Fsp3) is 0.923. The average Bonchev–Trinajstić information content (AvgIpc) is 2.12. The van der Waals surface area contributed by atoms with Crippen molar-refractivity contribution >= 4 is 5.91 Å². The highest BCUT2D eigenvalue weighted by molar-refractivity contribution is 5.81. The lowest BCUT2D eigenvalue weighted by Crippen LogP contribution is -2.50. The van der Waals surface area contributed by atoms with Gasteiger partial charge in [0.05, 0.1) is 5.60 Å². The first-order valence-electron chi connectivity index (χ1n) is 6.60. The number of nitrogens with one attached hydrogen (secondary N) is 1. The Balaban J connectivity index is 1.81. The van der Waals surface area contributed by atoms with Crippen LogP contribution in [0.3, 0.4) is 0 Å². The Kier molecular flexibility index (Phi) is 3.73. The maximum Gasteiger partial charge on any atom is 0.249 e. The Labute approximate surface area is 103 Å². The zero-order valence-corrected chi connectivity index (χ0v) is 10.7. The van der Waals surface area contributed by atoms with Gasteiger partial charge in [-0.05, 0) is 45.4 Å². The molecule has 1 heterocycles. The maximum atomic E-state index is 11.9. The van der Waals surface area contributed by atoms with Crippen LogP contribution in [0.5, 0.6) is 0 Å². The van der Waals surface area contributed by atoms with E-state index < -0.39 is 6.10 Å². The first-order valence-corrected chi connectivity index (χ1v) is 6.60. The van der Waals surface area contributed by atoms with Gasteiger partial charge in [0.15, 0.2) is 0 Å². The normalized spacial score (nSPS) is 30.4. The molecule has 2 fully saturated rings. The lowest BCUT2D eigenvalue weighted by atomic mass is 9.80. The van der Waals surface area contributed by atoms with E-state index in [-0.39, 0.29) is 23.5 Å². The summed E-state index contributed by atoms with van der Waals surface area (Å²) in [6, 6.07) is 0.140. The molecule has 17 heavy (non-hydrogen) atoms. The van der Waals surface area contributed by atoms with Crippen LogP contribution in [-0.4, -0.2) is 35.4 Å². The smallest absolute Gasteiger partial charge is 0.249 e. The molecule has 1 aliphatic heterocycles. The summed E-state index contributed by atoms with van der Waals surface area (Å²) >= 11 is 0. The minimum absolute atomic E-state index is 0.140. The van der Waals surface area contributed by atoms with Crippen LogP contribution in [0, 0.1) is 5.92 Å². The second kappa shape index (κ2) is 4.94. The molecule has 98 valence electrons. The molecule has 0 spiro atoms. The second-order valence-electron chi connectivity index (χ2n) is 5.94. The maximum absolute atomic E-state index is 11.9. The number of carbonyl (C=O) groups excluding carboxylic acids is 1. The van der Waals surface area contributed by atoms with Crippen molar-refractivity contribution in [3.63, 3.8) is 0 Å². The third kappa shape index (κ3) is 3.19. The van der Waals surface area contributed by atoms with E-state index >= 15 is 0 Å². The Morgan fingerprint density at radius 2 is 2.12 bits per heavy atom. The molecule has 2 atom stereocenters. The van der Waals surface area contributed by atoms with E-state index in [9.17, 15) is 9.90 Å². The summed E-state index contributed by atoms with van der Waals surface area (Å²) in [6.07, 6.45) is 3.94. The van der Waals surface area contributed by atoms with Gasteiger partial charge >= 0.3 is 0 Å². The Morgan fingerprint density at radius 1 is 1.41 bits per heavy atom. The van der Waals surface area contributed by atoms with Gasteiger partial charge in [0.25, 0.3) is 0 Å². The number of carbonyl (C=O) groups is 1. The largest absolute Gasteiger partial charge is 0.383 e. The number of amides is 1. The van der Waals surface area contributed by atoms with Crippen molar-refractivity contribution in [1.82, 2.24) is 5.32 Å². The summed E-state index contributed by atoms with van der Waals surface area (Å²) in [5, 5.41) is 12.8. The minimum Gasteiger partial charge on any atom is -0.383 e. The molecular weight excluding hydrogens is 218 g/mol. The third-order valence-electron chi connectivity index (χ3n) is 3.91. The van der Waals surface area contributed by atoms with Gasteiger partial charge in [-0.1, -0.05) is 6.42 Å². The molecule has 0 radical (unpaired) electrons. The molecular formula is C13H23NO3. The van der Waals surface area contributed by atoms with Crippen LogP contribution >= 0.6 is 0 Å². The van der Waals surface area contributed by atoms with Crippen LogP contribution in [0.25, 0.3) is 0 Å². The predicted octanol–water partition coefficient (Wildman–Crippen LogP) is 1.22. The number of ether oxygens (including phenoxy) is 1. The average molecular weight is 241 g/mol. The van der Waals surface area contributed by atoms with Crippen molar-refractivity contribution in [3.8, 4) is 0 Å². The quantitative estimate of drug-likeness (QED) is 0.781. The molecule has 1 saturated carbocycles. The first kappa shape index (κ1) is 12.8. The molecule has 4 nitrogen and oxygen atoms in total. The Hall–Kier alpha value is -0.610. The molecule has 2 rings (SSSR count). The summed E-state index contributed by atoms with van der Waals surface area (Å²) in [4.78, 5) is 11.9. The predicted molar refractivity (Wildman–Crippen MR) is 64.5 cm³/mol. The standard InChI is InChI=1S/C13H23NO3/c1-13(2)8-10(6-7-17-13)14-12(16)11(15)9-4-3-5-9/h9-11,15H,3-8H2,1-2H3,(H,14,16)/t10-,11+/m0/s1. The van der Waals surface area contributed by atoms with Crippen LogP contribution in [-0.2, 0) is 9.53 Å². The van der Waals surface area contributed by atoms with E-state index in [1.165, 1.54) is 0 Å². The fourth-order valence-electron chi connectivity index (χ4n) is 2.61. The highest BCUT2D eigenvalue weighted by Gasteiger charge is 2.34. The highest BCUT2D eigenvalue weighted by Crippen LogP contribution is 2.30. The molecule has 1 saturated heterocycles. The van der Waals surface area contributed by atoms with Crippen LogP contribution in [0.2, 0.25) is 0 Å². The van der Waals surface area contributed by atoms with Gasteiger partial charge in [-0.3, -0.25) is 4.79 Å². The number of hydrogen-bond acceptors (Lipinski definition) is 3. The van der Waals surface area contributed by atoms with Crippen molar-refractivity contribution in [2.24, 2.45) is 5.92 Å². The van der Waals surface area contributed by atoms with E-state index in [4.69, 9.17) is 4.74 Å². The summed E-state index contributed by atoms with van der Waals surface area (Å²) in [6.45, 7) is 4.75. The number of hydrogen-bond donors (Lipinski definition) is 2. The van der Waals surface area contributed by atoms with E-state index in [1.54, 1.807) is 0 Å². The van der Waals surface area contributed by atoms with Gasteiger partial charge in [-0.15, -0.1) is 0 Å². The van der Waals surface area contributed by atoms with E-state index in [0.717, 1.165) is 32.1 Å². The van der Waals surface area contributed by atoms with Crippen molar-refractivity contribution in [3.05, 3.63) is 0 Å². The Bertz CT molecular complexity index is 286. The SMILES string of the molecule is CC1(C)C[C@@H](NC(=O)[C@H](O)C2CCC2)CCO1. The van der Waals surface area contributed by atoms with Crippen molar-refractivity contribution in [1.29, 1.82) is 0 Å². The molecule has 0 aromatic carbocycles. The zero-order chi connectivity index (χ0) is 12.5. The van der Waals surface area contributed by atoms with Gasteiger partial charge in [-0.25, -0.2) is 0 Å². The molecule has 0 unspecified atom stereocenters. The van der Waals surface area contributed by atoms with Crippen LogP contribution in [0.15, 0.2) is 0 Å². The number of aliphatic hydroxyl groups is 1. The lowest BCUT2D eigenvalue weighted by Gasteiger charge is -2.37. The van der Waals surface area contributed by atoms with Gasteiger partial charge < -0.3 is 15.2 Å². The summed E-state index contributed by atoms with van der Waals surface area (Å²) in [7, 11) is 0. The third-order valence-corrected chi connectivity index (χ3v) is 3.91. The first-order chi connectivity index (χ1) is 7.98. The topological polar surface area (TPSA) is 58.6 Å². The summed E-state index contributed by atoms with van der Waals surface area (Å²) < 4.78 is 5.60. The number of aliphatic hydroxyl groups excluding tert-OH is 1. The van der Waals surface area contributed by atoms with Gasteiger partial charge in [0, 0.05) is 12.6 Å². The van der Waals surface area contributed by atoms with Gasteiger partial charge in [0.2, 0.25) is 5.91 Å². The molecule has 2 N–H and O–H groups in total. The Morgan fingerprint density at radius 3 is 2.65 bits per heavy atom. The molecule has 1 amide bonds. The van der Waals surface area contributed by atoms with Crippen LogP contribution in [0.1, 0.15) is 46.0 Å². The number of rotatable bonds is 3. The van der Waals surface area contributed by atoms with E-state index in [0.29, 0.717) is 6.61 Å². The van der Waals surface area contributed by atoms with Gasteiger partial charge in [0.1, 0.15) is 6.10 Å². The van der Waals surface area contributed by atoms with E-state index in [2.05, 4.69) is 5.32 Å². The van der Waals surface area contributed by atoms with Crippen LogP contribution in [0.4, 0.5) is 0 Å². The molecule has 0 aromatic heterocycles. The molecule has 0 bridgehead atoms. The highest BCUT2D eigenvalue weighted by atomic mass is 16.5. The van der Waals surface area contributed by atoms with Crippen molar-refractivity contribution in [2.75, 3.05) is 6.61 Å².